The fourth-order valence-electron chi connectivity index (χ4n) is 6.97. The maximum atomic E-state index is 13.6. The molecule has 1 amide bonds. The molecule has 7 nitrogen and oxygen atoms in total. The Kier molecular flexibility index (Phi) is 8.86. The average molecular weight is 550 g/mol. The molecule has 40 heavy (non-hydrogen) atoms. The third kappa shape index (κ3) is 6.54. The van der Waals surface area contributed by atoms with Crippen LogP contribution in [0.5, 0.6) is 0 Å². The fraction of sp³-hybridized carbons (Fsp3) is 0.606. The molecule has 7 heteroatoms. The normalized spacial score (nSPS) is 31.4. The summed E-state index contributed by atoms with van der Waals surface area (Å²) in [5.74, 6) is 0.807. The van der Waals surface area contributed by atoms with Crippen LogP contribution in [0.3, 0.4) is 0 Å². The number of nitrogens with one attached hydrogen (secondary N) is 1. The highest BCUT2D eigenvalue weighted by Crippen LogP contribution is 2.44. The van der Waals surface area contributed by atoms with Gasteiger partial charge in [0, 0.05) is 35.3 Å². The monoisotopic (exact) mass is 549 g/mol. The Hall–Kier alpha value is -2.45. The van der Waals surface area contributed by atoms with E-state index in [1.165, 1.54) is 19.3 Å². The number of rotatable bonds is 6. The second-order valence-corrected chi connectivity index (χ2v) is 13.1. The van der Waals surface area contributed by atoms with Gasteiger partial charge in [-0.1, -0.05) is 56.2 Å². The van der Waals surface area contributed by atoms with Gasteiger partial charge in [-0.05, 0) is 75.6 Å². The molecule has 2 aliphatic heterocycles. The zero-order valence-corrected chi connectivity index (χ0v) is 24.5. The molecule has 218 valence electrons. The fourth-order valence-corrected chi connectivity index (χ4v) is 6.97. The van der Waals surface area contributed by atoms with Gasteiger partial charge >= 0.3 is 0 Å². The van der Waals surface area contributed by atoms with E-state index in [2.05, 4.69) is 17.1 Å². The van der Waals surface area contributed by atoms with Crippen LogP contribution >= 0.6 is 0 Å². The Morgan fingerprint density at radius 2 is 1.77 bits per heavy atom. The molecule has 7 atom stereocenters. The molecule has 4 N–H and O–H groups in total. The van der Waals surface area contributed by atoms with Gasteiger partial charge in [-0.2, -0.15) is 0 Å². The summed E-state index contributed by atoms with van der Waals surface area (Å²) in [6.07, 6.45) is 5.94. The number of benzene rings is 2. The molecule has 0 bridgehead atoms. The van der Waals surface area contributed by atoms with Crippen LogP contribution in [0, 0.1) is 11.8 Å². The van der Waals surface area contributed by atoms with Crippen LogP contribution < -0.4 is 11.1 Å². The van der Waals surface area contributed by atoms with Crippen molar-refractivity contribution in [3.05, 3.63) is 65.2 Å². The number of nitrogen functional groups attached to an aromatic ring is 1. The minimum atomic E-state index is -0.569. The Labute approximate surface area is 239 Å². The summed E-state index contributed by atoms with van der Waals surface area (Å²) in [7, 11) is 0. The Morgan fingerprint density at radius 1 is 1.02 bits per heavy atom. The maximum absolute atomic E-state index is 13.6. The summed E-state index contributed by atoms with van der Waals surface area (Å²) in [6.45, 7) is 9.03. The molecule has 0 spiro atoms. The van der Waals surface area contributed by atoms with Crippen molar-refractivity contribution in [1.82, 2.24) is 10.2 Å². The smallest absolute Gasteiger partial charge is 0.237 e. The van der Waals surface area contributed by atoms with Gasteiger partial charge in [-0.15, -0.1) is 0 Å². The highest BCUT2D eigenvalue weighted by Gasteiger charge is 2.46. The van der Waals surface area contributed by atoms with Crippen molar-refractivity contribution < 1.29 is 19.4 Å². The first-order chi connectivity index (χ1) is 19.1. The van der Waals surface area contributed by atoms with Gasteiger partial charge in [-0.25, -0.2) is 0 Å². The van der Waals surface area contributed by atoms with Crippen LogP contribution in [0.15, 0.2) is 48.5 Å². The third-order valence-corrected chi connectivity index (χ3v) is 9.00. The number of ether oxygens (including phenoxy) is 2. The number of aliphatic hydroxyl groups excluding tert-OH is 1. The van der Waals surface area contributed by atoms with Gasteiger partial charge in [-0.3, -0.25) is 9.69 Å². The molecule has 0 radical (unpaired) electrons. The molecular formula is C33H47N3O4. The van der Waals surface area contributed by atoms with E-state index in [1.807, 2.05) is 69.3 Å². The van der Waals surface area contributed by atoms with Crippen LogP contribution in [-0.2, 0) is 20.9 Å². The minimum absolute atomic E-state index is 0.00848. The van der Waals surface area contributed by atoms with Gasteiger partial charge in [0.05, 0.1) is 24.9 Å². The second-order valence-electron chi connectivity index (χ2n) is 13.1. The SMILES string of the molecule is C[C@H]1[C@@H](CN2[C@@H](C(=O)NC(C)(C)C)CC[C@H]3CCCC[C@H]32)O[C@@H](c2cccc(N)c2)O[C@H]1c1ccc(CO)cc1. The molecule has 1 aliphatic carbocycles. The molecule has 5 rings (SSSR count). The number of fused-ring (bicyclic) bond motifs is 1. The molecule has 2 heterocycles. The van der Waals surface area contributed by atoms with E-state index in [0.717, 1.165) is 36.0 Å². The average Bonchev–Trinajstić information content (AvgIpc) is 2.93. The van der Waals surface area contributed by atoms with Crippen molar-refractivity contribution in [2.45, 2.75) is 109 Å². The van der Waals surface area contributed by atoms with Gasteiger partial charge in [0.25, 0.3) is 0 Å². The van der Waals surface area contributed by atoms with Crippen LogP contribution in [0.25, 0.3) is 0 Å². The highest BCUT2D eigenvalue weighted by atomic mass is 16.7. The zero-order valence-electron chi connectivity index (χ0n) is 24.5. The first-order valence-corrected chi connectivity index (χ1v) is 15.1. The summed E-state index contributed by atoms with van der Waals surface area (Å²) in [6, 6.07) is 15.9. The molecule has 2 saturated heterocycles. The van der Waals surface area contributed by atoms with E-state index in [4.69, 9.17) is 15.2 Å². The second kappa shape index (κ2) is 12.2. The first kappa shape index (κ1) is 29.1. The van der Waals surface area contributed by atoms with Crippen LogP contribution in [-0.4, -0.2) is 46.2 Å². The van der Waals surface area contributed by atoms with Crippen LogP contribution in [0.2, 0.25) is 0 Å². The Morgan fingerprint density at radius 3 is 2.48 bits per heavy atom. The third-order valence-electron chi connectivity index (χ3n) is 9.00. The summed E-state index contributed by atoms with van der Waals surface area (Å²) < 4.78 is 13.4. The quantitative estimate of drug-likeness (QED) is 0.412. The lowest BCUT2D eigenvalue weighted by Crippen LogP contribution is -2.61. The molecule has 3 fully saturated rings. The van der Waals surface area contributed by atoms with Crippen LogP contribution in [0.1, 0.15) is 95.3 Å². The maximum Gasteiger partial charge on any atom is 0.237 e. The zero-order chi connectivity index (χ0) is 28.4. The van der Waals surface area contributed by atoms with E-state index in [1.54, 1.807) is 0 Å². The van der Waals surface area contributed by atoms with E-state index in [9.17, 15) is 9.90 Å². The van der Waals surface area contributed by atoms with E-state index in [0.29, 0.717) is 24.2 Å². The van der Waals surface area contributed by atoms with Crippen molar-refractivity contribution in [3.8, 4) is 0 Å². The topological polar surface area (TPSA) is 97.1 Å². The number of hydrogen-bond donors (Lipinski definition) is 3. The van der Waals surface area contributed by atoms with Crippen LogP contribution in [0.4, 0.5) is 5.69 Å². The minimum Gasteiger partial charge on any atom is -0.399 e. The highest BCUT2D eigenvalue weighted by molar-refractivity contribution is 5.82. The van der Waals surface area contributed by atoms with Gasteiger partial charge in [0.15, 0.2) is 6.29 Å². The largest absolute Gasteiger partial charge is 0.399 e. The molecule has 1 saturated carbocycles. The van der Waals surface area contributed by atoms with Gasteiger partial charge in [0.1, 0.15) is 0 Å². The summed E-state index contributed by atoms with van der Waals surface area (Å²) in [5, 5.41) is 12.8. The van der Waals surface area contributed by atoms with Crippen molar-refractivity contribution in [2.75, 3.05) is 12.3 Å². The van der Waals surface area contributed by atoms with E-state index < -0.39 is 6.29 Å². The number of carbonyl (C=O) groups excluding carboxylic acids is 1. The molecule has 0 aromatic heterocycles. The van der Waals surface area contributed by atoms with Gasteiger partial charge in [0.2, 0.25) is 5.91 Å². The lowest BCUT2D eigenvalue weighted by Gasteiger charge is -2.51. The molecule has 2 aromatic rings. The Balaban J connectivity index is 1.46. The van der Waals surface area contributed by atoms with Gasteiger partial charge < -0.3 is 25.6 Å². The number of amides is 1. The number of anilines is 1. The Bertz CT molecular complexity index is 1150. The number of hydrogen-bond acceptors (Lipinski definition) is 6. The predicted molar refractivity (Wildman–Crippen MR) is 157 cm³/mol. The lowest BCUT2D eigenvalue weighted by molar-refractivity contribution is -0.278. The molecule has 2 aromatic carbocycles. The van der Waals surface area contributed by atoms with Crippen molar-refractivity contribution in [3.63, 3.8) is 0 Å². The lowest BCUT2D eigenvalue weighted by atomic mass is 9.75. The molecule has 3 aliphatic rings. The molecule has 0 unspecified atom stereocenters. The summed E-state index contributed by atoms with van der Waals surface area (Å²) >= 11 is 0. The molecular weight excluding hydrogens is 502 g/mol. The first-order valence-electron chi connectivity index (χ1n) is 15.1. The van der Waals surface area contributed by atoms with E-state index >= 15 is 0 Å². The number of carbonyl (C=O) groups is 1. The van der Waals surface area contributed by atoms with Crippen molar-refractivity contribution >= 4 is 11.6 Å². The standard InChI is InChI=1S/C33H47N3O4/c1-21-29(19-36-27-11-6-5-8-23(27)16-17-28(36)31(38)35-33(2,3)4)39-32(25-9-7-10-26(34)18-25)40-30(21)24-14-12-22(20-37)13-15-24/h7,9-10,12-15,18,21,23,27-30,32,37H,5-6,8,11,16-17,19-20,34H2,1-4H3,(H,35,38)/t21-,23+,27+,28+,29+,30+,32+/m0/s1. The van der Waals surface area contributed by atoms with Crippen molar-refractivity contribution in [1.29, 1.82) is 0 Å². The van der Waals surface area contributed by atoms with Crippen molar-refractivity contribution in [2.24, 2.45) is 11.8 Å². The number of aliphatic hydroxyl groups is 1. The summed E-state index contributed by atoms with van der Waals surface area (Å²) in [5.41, 5.74) is 9.36. The predicted octanol–water partition coefficient (Wildman–Crippen LogP) is 5.49. The number of nitrogens with zero attached hydrogens (tertiary/aromatic N) is 1. The number of nitrogens with two attached hydrogens (primary N) is 1. The number of piperidine rings is 1. The van der Waals surface area contributed by atoms with E-state index in [-0.39, 0.29) is 42.2 Å². The number of likely N-dealkylation sites (tertiary alicyclic amines) is 1. The summed E-state index contributed by atoms with van der Waals surface area (Å²) in [4.78, 5) is 16.1.